The molecule has 0 saturated heterocycles. The van der Waals surface area contributed by atoms with Gasteiger partial charge in [-0.3, -0.25) is 9.59 Å². The molecule has 4 nitrogen and oxygen atoms in total. The molecule has 2 aromatic rings. The zero-order valence-electron chi connectivity index (χ0n) is 13.5. The number of rotatable bonds is 6. The molecule has 3 rings (SSSR count). The van der Waals surface area contributed by atoms with Gasteiger partial charge in [0.2, 0.25) is 5.78 Å². The summed E-state index contributed by atoms with van der Waals surface area (Å²) < 4.78 is 6.88. The molecule has 1 aliphatic heterocycles. The first-order valence-corrected chi connectivity index (χ1v) is 8.80. The van der Waals surface area contributed by atoms with E-state index in [0.717, 1.165) is 10.6 Å². The van der Waals surface area contributed by atoms with Crippen LogP contribution >= 0.6 is 11.8 Å². The number of nitrogens with zero attached hydrogens (tertiary/aromatic N) is 1. The quantitative estimate of drug-likeness (QED) is 0.348. The van der Waals surface area contributed by atoms with Gasteiger partial charge >= 0.3 is 5.97 Å². The van der Waals surface area contributed by atoms with Crippen molar-refractivity contribution >= 4 is 23.5 Å². The van der Waals surface area contributed by atoms with E-state index in [0.29, 0.717) is 30.0 Å². The Bertz CT molecular complexity index is 779. The maximum Gasteiger partial charge on any atom is 0.314 e. The van der Waals surface area contributed by atoms with Crippen LogP contribution in [0.3, 0.4) is 0 Å². The molecule has 0 radical (unpaired) electrons. The average molecular weight is 341 g/mol. The van der Waals surface area contributed by atoms with Crippen LogP contribution in [0, 0.1) is 0 Å². The molecule has 1 aromatic heterocycles. The van der Waals surface area contributed by atoms with Gasteiger partial charge < -0.3 is 9.30 Å². The highest BCUT2D eigenvalue weighted by molar-refractivity contribution is 7.99. The van der Waals surface area contributed by atoms with Crippen molar-refractivity contribution in [3.05, 3.63) is 66.0 Å². The minimum absolute atomic E-state index is 0.0149. The number of fused-ring (bicyclic) bond motifs is 1. The minimum atomic E-state index is -0.296. The van der Waals surface area contributed by atoms with E-state index in [1.54, 1.807) is 11.8 Å². The fraction of sp³-hybridized carbons (Fsp3) is 0.263. The van der Waals surface area contributed by atoms with Crippen molar-refractivity contribution in [3.8, 4) is 0 Å². The van der Waals surface area contributed by atoms with Gasteiger partial charge in [0.1, 0.15) is 5.69 Å². The van der Waals surface area contributed by atoms with Crippen molar-refractivity contribution < 1.29 is 14.3 Å². The molecule has 24 heavy (non-hydrogen) atoms. The van der Waals surface area contributed by atoms with Crippen molar-refractivity contribution in [2.45, 2.75) is 23.8 Å². The van der Waals surface area contributed by atoms with Crippen LogP contribution in [0.4, 0.5) is 0 Å². The number of esters is 1. The van der Waals surface area contributed by atoms with Crippen molar-refractivity contribution in [2.24, 2.45) is 0 Å². The van der Waals surface area contributed by atoms with Gasteiger partial charge in [-0.15, -0.1) is 18.3 Å². The molecule has 5 heteroatoms. The monoisotopic (exact) mass is 341 g/mol. The molecule has 0 amide bonds. The van der Waals surface area contributed by atoms with Gasteiger partial charge in [0.05, 0.1) is 13.0 Å². The second-order valence-corrected chi connectivity index (χ2v) is 6.65. The molecule has 0 spiro atoms. The number of carbonyl (C=O) groups is 2. The summed E-state index contributed by atoms with van der Waals surface area (Å²) in [7, 11) is 1.40. The van der Waals surface area contributed by atoms with E-state index in [2.05, 4.69) is 6.58 Å². The van der Waals surface area contributed by atoms with Gasteiger partial charge in [0.15, 0.2) is 0 Å². The first-order valence-electron chi connectivity index (χ1n) is 7.82. The Morgan fingerprint density at radius 1 is 1.38 bits per heavy atom. The number of hydrogen-bond donors (Lipinski definition) is 0. The summed E-state index contributed by atoms with van der Waals surface area (Å²) in [6.45, 7) is 4.39. The number of ether oxygens (including phenoxy) is 1. The Labute approximate surface area is 145 Å². The van der Waals surface area contributed by atoms with Crippen LogP contribution in [0.1, 0.15) is 34.1 Å². The Morgan fingerprint density at radius 2 is 2.12 bits per heavy atom. The first kappa shape index (κ1) is 16.6. The molecule has 124 valence electrons. The molecular formula is C19H19NO3S. The Hall–Kier alpha value is -2.27. The summed E-state index contributed by atoms with van der Waals surface area (Å²) in [5, 5.41) is 0. The molecule has 1 unspecified atom stereocenters. The smallest absolute Gasteiger partial charge is 0.314 e. The van der Waals surface area contributed by atoms with E-state index in [4.69, 9.17) is 4.74 Å². The van der Waals surface area contributed by atoms with E-state index in [9.17, 15) is 9.59 Å². The number of ketones is 1. The van der Waals surface area contributed by atoms with Gasteiger partial charge in [-0.25, -0.2) is 0 Å². The van der Waals surface area contributed by atoms with Crippen LogP contribution in [0.15, 0.2) is 53.9 Å². The highest BCUT2D eigenvalue weighted by atomic mass is 32.2. The lowest BCUT2D eigenvalue weighted by Crippen LogP contribution is -2.12. The third kappa shape index (κ3) is 2.91. The average Bonchev–Trinajstić information content (AvgIpc) is 3.18. The van der Waals surface area contributed by atoms with Crippen LogP contribution in [0.5, 0.6) is 0 Å². The molecule has 1 aliphatic rings. The van der Waals surface area contributed by atoms with E-state index in [1.165, 1.54) is 7.11 Å². The van der Waals surface area contributed by atoms with Crippen molar-refractivity contribution in [3.63, 3.8) is 0 Å². The third-order valence-corrected chi connectivity index (χ3v) is 5.21. The predicted molar refractivity (Wildman–Crippen MR) is 94.6 cm³/mol. The van der Waals surface area contributed by atoms with E-state index in [-0.39, 0.29) is 17.7 Å². The van der Waals surface area contributed by atoms with Gasteiger partial charge in [-0.2, -0.15) is 0 Å². The number of carbonyl (C=O) groups excluding carboxylic acids is 2. The molecule has 0 N–H and O–H groups in total. The van der Waals surface area contributed by atoms with Gasteiger partial charge in [0, 0.05) is 28.5 Å². The second-order valence-electron chi connectivity index (χ2n) is 5.59. The number of methoxy groups -OCH3 is 1. The van der Waals surface area contributed by atoms with Crippen molar-refractivity contribution in [1.82, 2.24) is 4.57 Å². The Kier molecular flexibility index (Phi) is 4.90. The summed E-state index contributed by atoms with van der Waals surface area (Å²) in [5.41, 5.74) is 2.18. The maximum atomic E-state index is 13.0. The van der Waals surface area contributed by atoms with Crippen LogP contribution < -0.4 is 0 Å². The number of thioether (sulfide) groups is 1. The molecule has 1 atom stereocenters. The largest absolute Gasteiger partial charge is 0.469 e. The van der Waals surface area contributed by atoms with Crippen LogP contribution in [-0.2, 0) is 16.1 Å². The zero-order valence-corrected chi connectivity index (χ0v) is 14.3. The summed E-state index contributed by atoms with van der Waals surface area (Å²) in [4.78, 5) is 25.9. The summed E-state index contributed by atoms with van der Waals surface area (Å²) >= 11 is 1.56. The van der Waals surface area contributed by atoms with Crippen molar-refractivity contribution in [2.75, 3.05) is 12.9 Å². The normalized spacial score (nSPS) is 15.8. The fourth-order valence-electron chi connectivity index (χ4n) is 3.08. The van der Waals surface area contributed by atoms with E-state index in [1.807, 2.05) is 47.0 Å². The maximum absolute atomic E-state index is 13.0. The van der Waals surface area contributed by atoms with Gasteiger partial charge in [-0.05, 0) is 12.5 Å². The standard InChI is InChI=1S/C19H19NO3S/c1-3-11-24-16-12-15-14(19(22)23-2)9-10-20(15)17(16)18(21)13-7-5-4-6-8-13/h3-8,12,14H,1,9-11H2,2H3. The summed E-state index contributed by atoms with van der Waals surface area (Å²) in [5.74, 6) is 0.154. The molecule has 0 saturated carbocycles. The van der Waals surface area contributed by atoms with Crippen LogP contribution in [0.2, 0.25) is 0 Å². The van der Waals surface area contributed by atoms with Crippen molar-refractivity contribution in [1.29, 1.82) is 0 Å². The predicted octanol–water partition coefficient (Wildman–Crippen LogP) is 3.66. The third-order valence-electron chi connectivity index (χ3n) is 4.19. The molecule has 1 aromatic carbocycles. The first-order chi connectivity index (χ1) is 11.7. The molecular weight excluding hydrogens is 322 g/mol. The second kappa shape index (κ2) is 7.09. The molecule has 0 bridgehead atoms. The lowest BCUT2D eigenvalue weighted by molar-refractivity contribution is -0.142. The van der Waals surface area contributed by atoms with E-state index < -0.39 is 0 Å². The topological polar surface area (TPSA) is 48.3 Å². The summed E-state index contributed by atoms with van der Waals surface area (Å²) in [6.07, 6.45) is 2.48. The van der Waals surface area contributed by atoms with Crippen LogP contribution in [-0.4, -0.2) is 29.2 Å². The molecule has 0 fully saturated rings. The highest BCUT2D eigenvalue weighted by Crippen LogP contribution is 2.38. The molecule has 0 aliphatic carbocycles. The Morgan fingerprint density at radius 3 is 2.79 bits per heavy atom. The molecule has 2 heterocycles. The fourth-order valence-corrected chi connectivity index (χ4v) is 3.92. The lowest BCUT2D eigenvalue weighted by atomic mass is 10.1. The van der Waals surface area contributed by atoms with E-state index >= 15 is 0 Å². The van der Waals surface area contributed by atoms with Gasteiger partial charge in [0.25, 0.3) is 0 Å². The van der Waals surface area contributed by atoms with Gasteiger partial charge in [-0.1, -0.05) is 36.4 Å². The SMILES string of the molecule is C=CCSc1cc2n(c1C(=O)c1ccccc1)CCC2C(=O)OC. The minimum Gasteiger partial charge on any atom is -0.469 e. The van der Waals surface area contributed by atoms with Crippen LogP contribution in [0.25, 0.3) is 0 Å². The Balaban J connectivity index is 2.06. The number of benzene rings is 1. The summed E-state index contributed by atoms with van der Waals surface area (Å²) in [6, 6.07) is 11.2. The highest BCUT2D eigenvalue weighted by Gasteiger charge is 2.34. The lowest BCUT2D eigenvalue weighted by Gasteiger charge is -2.08. The zero-order chi connectivity index (χ0) is 17.1. The number of hydrogen-bond acceptors (Lipinski definition) is 4. The number of aromatic nitrogens is 1.